The Morgan fingerprint density at radius 3 is 2.92 bits per heavy atom. The first-order valence-corrected chi connectivity index (χ1v) is 10.2. The van der Waals surface area contributed by atoms with E-state index >= 15 is 0 Å². The molecule has 2 heterocycles. The fourth-order valence-electron chi connectivity index (χ4n) is 2.75. The number of amides is 1. The van der Waals surface area contributed by atoms with Gasteiger partial charge < -0.3 is 21.2 Å². The molecule has 0 aromatic carbocycles. The number of aromatic nitrogens is 1. The molecule has 1 amide bonds. The second kappa shape index (κ2) is 9.43. The number of nitrogens with zero attached hydrogens (tertiary/aromatic N) is 3. The van der Waals surface area contributed by atoms with Crippen molar-refractivity contribution in [3.63, 3.8) is 0 Å². The minimum Gasteiger partial charge on any atom is -0.395 e. The topological polar surface area (TPSA) is 121 Å². The van der Waals surface area contributed by atoms with Crippen molar-refractivity contribution in [1.29, 1.82) is 0 Å². The quantitative estimate of drug-likeness (QED) is 0.299. The second-order valence-electron chi connectivity index (χ2n) is 6.51. The first-order valence-electron chi connectivity index (χ1n) is 8.44. The fraction of sp³-hybridized carbons (Fsp3) is 0.562. The van der Waals surface area contributed by atoms with Crippen molar-refractivity contribution in [2.24, 2.45) is 17.5 Å². The molecule has 26 heavy (non-hydrogen) atoms. The van der Waals surface area contributed by atoms with Gasteiger partial charge in [0.15, 0.2) is 0 Å². The summed E-state index contributed by atoms with van der Waals surface area (Å²) in [5.74, 6) is 8.41. The molecule has 0 spiro atoms. The number of hydrazine groups is 1. The fourth-order valence-corrected chi connectivity index (χ4v) is 4.76. The van der Waals surface area contributed by atoms with Gasteiger partial charge in [0.05, 0.1) is 23.9 Å². The second-order valence-corrected chi connectivity index (χ2v) is 8.45. The Morgan fingerprint density at radius 1 is 1.62 bits per heavy atom. The smallest absolute Gasteiger partial charge is 0.237 e. The molecule has 2 rings (SSSR count). The summed E-state index contributed by atoms with van der Waals surface area (Å²) in [5.41, 5.74) is 6.58. The summed E-state index contributed by atoms with van der Waals surface area (Å²) in [6.45, 7) is 4.60. The number of aliphatic hydroxyl groups is 1. The molecule has 0 bridgehead atoms. The summed E-state index contributed by atoms with van der Waals surface area (Å²) >= 11 is 1.45. The Morgan fingerprint density at radius 2 is 2.35 bits per heavy atom. The van der Waals surface area contributed by atoms with Crippen molar-refractivity contribution < 1.29 is 9.90 Å². The standard InChI is InChI=1S/C16H27N6O2PS/c1-10(2)14(21(18)8-12(17)16-20-4-5-26-16)9-25-22-7-11(23)6-13(22)15(24)19-3/h4-5,8-11,13-14,23H,6-7,17-18H2,1-3H3,(H,19,24)/b12-8-. The number of β-amino-alcohol motifs (C(OH)–C–C–N with tert-alkyl or cyclic N) is 1. The van der Waals surface area contributed by atoms with Gasteiger partial charge in [0.1, 0.15) is 5.01 Å². The Bertz CT molecular complexity index is 651. The molecule has 3 unspecified atom stereocenters. The maximum Gasteiger partial charge on any atom is 0.237 e. The summed E-state index contributed by atoms with van der Waals surface area (Å²) in [6, 6.07) is -0.416. The largest absolute Gasteiger partial charge is 0.395 e. The Hall–Kier alpha value is -1.51. The molecule has 1 saturated heterocycles. The monoisotopic (exact) mass is 398 g/mol. The first-order chi connectivity index (χ1) is 12.3. The number of likely N-dealkylation sites (N-methyl/N-ethyl adjacent to an activating group) is 1. The van der Waals surface area contributed by atoms with Crippen LogP contribution in [0.4, 0.5) is 0 Å². The van der Waals surface area contributed by atoms with Crippen LogP contribution in [0, 0.1) is 5.92 Å². The van der Waals surface area contributed by atoms with Crippen LogP contribution in [0.25, 0.3) is 5.70 Å². The van der Waals surface area contributed by atoms with Crippen molar-refractivity contribution >= 4 is 37.1 Å². The Kier molecular flexibility index (Phi) is 7.55. The number of hydrogen-bond acceptors (Lipinski definition) is 8. The van der Waals surface area contributed by atoms with E-state index in [0.29, 0.717) is 18.7 Å². The average Bonchev–Trinajstić information content (AvgIpc) is 3.23. The summed E-state index contributed by atoms with van der Waals surface area (Å²) < 4.78 is 1.95. The van der Waals surface area contributed by atoms with E-state index in [1.165, 1.54) is 11.3 Å². The summed E-state index contributed by atoms with van der Waals surface area (Å²) in [4.78, 5) is 16.2. The lowest BCUT2D eigenvalue weighted by Gasteiger charge is -2.28. The third-order valence-corrected chi connectivity index (χ3v) is 6.16. The number of carbonyl (C=O) groups excluding carboxylic acids is 1. The normalized spacial score (nSPS) is 22.9. The Balaban J connectivity index is 2.13. The zero-order valence-corrected chi connectivity index (χ0v) is 17.0. The number of nitrogens with one attached hydrogen (secondary N) is 1. The van der Waals surface area contributed by atoms with Gasteiger partial charge in [0, 0.05) is 31.4 Å². The van der Waals surface area contributed by atoms with E-state index in [9.17, 15) is 9.90 Å². The van der Waals surface area contributed by atoms with Crippen LogP contribution in [0.1, 0.15) is 25.3 Å². The number of nitrogens with two attached hydrogens (primary N) is 2. The molecule has 8 nitrogen and oxygen atoms in total. The maximum absolute atomic E-state index is 12.0. The maximum atomic E-state index is 12.0. The zero-order chi connectivity index (χ0) is 19.3. The van der Waals surface area contributed by atoms with Crippen LogP contribution in [-0.2, 0) is 4.79 Å². The average molecular weight is 398 g/mol. The van der Waals surface area contributed by atoms with Gasteiger partial charge >= 0.3 is 0 Å². The van der Waals surface area contributed by atoms with Crippen LogP contribution < -0.4 is 16.9 Å². The molecule has 1 aliphatic heterocycles. The number of hydrogen-bond donors (Lipinski definition) is 4. The van der Waals surface area contributed by atoms with Crippen molar-refractivity contribution in [2.45, 2.75) is 38.5 Å². The predicted octanol–water partition coefficient (Wildman–Crippen LogP) is 0.445. The highest BCUT2D eigenvalue weighted by Crippen LogP contribution is 2.26. The van der Waals surface area contributed by atoms with E-state index in [2.05, 4.69) is 24.1 Å². The highest BCUT2D eigenvalue weighted by molar-refractivity contribution is 7.36. The van der Waals surface area contributed by atoms with Crippen LogP contribution in [0.3, 0.4) is 0 Å². The predicted molar refractivity (Wildman–Crippen MR) is 107 cm³/mol. The highest BCUT2D eigenvalue weighted by atomic mass is 32.1. The van der Waals surface area contributed by atoms with Crippen LogP contribution in [0.5, 0.6) is 0 Å². The first kappa shape index (κ1) is 20.8. The van der Waals surface area contributed by atoms with Crippen LogP contribution >= 0.6 is 19.7 Å². The van der Waals surface area contributed by atoms with Gasteiger partial charge in [-0.25, -0.2) is 15.5 Å². The molecular formula is C16H27N6O2PS. The van der Waals surface area contributed by atoms with Crippen LogP contribution in [0.2, 0.25) is 0 Å². The molecule has 0 aliphatic carbocycles. The van der Waals surface area contributed by atoms with Gasteiger partial charge in [-0.05, 0) is 26.5 Å². The zero-order valence-electron chi connectivity index (χ0n) is 15.2. The van der Waals surface area contributed by atoms with E-state index in [1.54, 1.807) is 24.5 Å². The molecule has 0 saturated carbocycles. The minimum absolute atomic E-state index is 0.0824. The summed E-state index contributed by atoms with van der Waals surface area (Å²) in [7, 11) is 2.45. The number of thiazole rings is 1. The molecule has 1 aliphatic rings. The lowest BCUT2D eigenvalue weighted by atomic mass is 10.1. The van der Waals surface area contributed by atoms with Gasteiger partial charge in [-0.15, -0.1) is 11.3 Å². The third kappa shape index (κ3) is 5.25. The van der Waals surface area contributed by atoms with Crippen molar-refractivity contribution in [1.82, 2.24) is 20.0 Å². The van der Waals surface area contributed by atoms with Crippen LogP contribution in [-0.4, -0.2) is 63.3 Å². The van der Waals surface area contributed by atoms with Gasteiger partial charge in [-0.2, -0.15) is 0 Å². The molecule has 10 heteroatoms. The number of rotatable bonds is 7. The molecule has 3 atom stereocenters. The van der Waals surface area contributed by atoms with Crippen molar-refractivity contribution in [3.8, 4) is 0 Å². The van der Waals surface area contributed by atoms with E-state index in [-0.39, 0.29) is 23.9 Å². The van der Waals surface area contributed by atoms with Gasteiger partial charge in [-0.1, -0.05) is 13.8 Å². The molecule has 6 N–H and O–H groups in total. The van der Waals surface area contributed by atoms with E-state index in [4.69, 9.17) is 11.6 Å². The third-order valence-electron chi connectivity index (χ3n) is 4.16. The lowest BCUT2D eigenvalue weighted by Crippen LogP contribution is -2.42. The van der Waals surface area contributed by atoms with Gasteiger partial charge in [0.2, 0.25) is 5.91 Å². The highest BCUT2D eigenvalue weighted by Gasteiger charge is 2.35. The van der Waals surface area contributed by atoms with Crippen LogP contribution in [0.15, 0.2) is 17.8 Å². The summed E-state index contributed by atoms with van der Waals surface area (Å²) in [6.07, 6.45) is 3.33. The molecular weight excluding hydrogens is 371 g/mol. The summed E-state index contributed by atoms with van der Waals surface area (Å²) in [5, 5.41) is 16.7. The molecule has 144 valence electrons. The molecule has 1 aromatic heterocycles. The SMILES string of the molecule is CNC(=O)C1CC(O)CN1P=CC(C(C)C)N(N)/C=C(\N)c1nccs1. The van der Waals surface area contributed by atoms with Crippen molar-refractivity contribution in [3.05, 3.63) is 22.8 Å². The Labute approximate surface area is 159 Å². The van der Waals surface area contributed by atoms with Gasteiger partial charge in [-0.3, -0.25) is 4.79 Å². The van der Waals surface area contributed by atoms with E-state index < -0.39 is 6.10 Å². The minimum atomic E-state index is -0.495. The number of aliphatic hydroxyl groups excluding tert-OH is 1. The van der Waals surface area contributed by atoms with E-state index in [1.807, 2.05) is 15.8 Å². The lowest BCUT2D eigenvalue weighted by molar-refractivity contribution is -0.123. The number of carbonyl (C=O) groups is 1. The van der Waals surface area contributed by atoms with Crippen molar-refractivity contribution in [2.75, 3.05) is 13.6 Å². The molecule has 1 aromatic rings. The molecule has 1 fully saturated rings. The van der Waals surface area contributed by atoms with E-state index in [0.717, 1.165) is 13.4 Å². The molecule has 0 radical (unpaired) electrons. The van der Waals surface area contributed by atoms with Gasteiger partial charge in [0.25, 0.3) is 0 Å².